The molecule has 1 aliphatic carbocycles. The molecule has 1 unspecified atom stereocenters. The average molecular weight is 1040 g/mol. The van der Waals surface area contributed by atoms with E-state index in [1.54, 1.807) is 55.5 Å². The van der Waals surface area contributed by atoms with Gasteiger partial charge in [-0.3, -0.25) is 24.3 Å². The molecule has 7 rings (SSSR count). The van der Waals surface area contributed by atoms with Gasteiger partial charge in [0, 0.05) is 84.4 Å². The zero-order chi connectivity index (χ0) is 53.6. The highest BCUT2D eigenvalue weighted by Crippen LogP contribution is 2.45. The minimum absolute atomic E-state index is 0.0513. The fourth-order valence-electron chi connectivity index (χ4n) is 8.02. The second-order valence-corrected chi connectivity index (χ2v) is 19.1. The van der Waals surface area contributed by atoms with Gasteiger partial charge in [-0.05, 0) is 104 Å². The lowest BCUT2D eigenvalue weighted by molar-refractivity contribution is -0.384. The number of aliphatic hydroxyl groups excluding tert-OH is 1. The van der Waals surface area contributed by atoms with Crippen molar-refractivity contribution < 1.29 is 57.3 Å². The number of nitrogens with zero attached hydrogens (tertiary/aromatic N) is 6. The number of nitro benzene ring substituents is 1. The molecule has 21 nitrogen and oxygen atoms in total. The molecule has 0 saturated heterocycles. The topological polar surface area (TPSA) is 287 Å². The third-order valence-corrected chi connectivity index (χ3v) is 13.1. The number of ether oxygens (including phenoxy) is 2. The maximum atomic E-state index is 13.3. The van der Waals surface area contributed by atoms with Crippen LogP contribution in [0.25, 0.3) is 33.4 Å². The van der Waals surface area contributed by atoms with Crippen LogP contribution in [0.15, 0.2) is 139 Å². The van der Waals surface area contributed by atoms with Crippen LogP contribution in [-0.2, 0) is 13.6 Å². The number of aliphatic hydroxyl groups is 1. The van der Waals surface area contributed by atoms with Gasteiger partial charge in [-0.2, -0.15) is 5.11 Å². The molecule has 1 atom stereocenters. The predicted octanol–water partition coefficient (Wildman–Crippen LogP) is 11.7. The third kappa shape index (κ3) is 14.0. The minimum Gasteiger partial charge on any atom is -0.508 e. The highest BCUT2D eigenvalue weighted by Gasteiger charge is 2.24. The number of phenols is 1. The Morgan fingerprint density at radius 2 is 1.47 bits per heavy atom. The number of hydrogen-bond donors (Lipinski definition) is 4. The Bertz CT molecular complexity index is 3350. The molecule has 1 aliphatic heterocycles. The minimum atomic E-state index is -3.42. The van der Waals surface area contributed by atoms with Crippen LogP contribution in [0.3, 0.4) is 0 Å². The summed E-state index contributed by atoms with van der Waals surface area (Å²) in [5, 5.41) is 62.0. The van der Waals surface area contributed by atoms with Crippen molar-refractivity contribution in [2.75, 3.05) is 65.2 Å². The largest absolute Gasteiger partial charge is 0.508 e. The fourth-order valence-corrected chi connectivity index (χ4v) is 8.97. The van der Waals surface area contributed by atoms with E-state index in [9.17, 15) is 44.4 Å². The van der Waals surface area contributed by atoms with Crippen molar-refractivity contribution in [2.24, 2.45) is 20.5 Å². The summed E-state index contributed by atoms with van der Waals surface area (Å²) in [6, 6.07) is 27.6. The number of phenolic OH excluding ortho intramolecular Hbond substituents is 1. The van der Waals surface area contributed by atoms with Gasteiger partial charge in [0.05, 0.1) is 50.2 Å². The Hall–Kier alpha value is -8.36. The lowest BCUT2D eigenvalue weighted by Crippen LogP contribution is -2.30. The average Bonchev–Trinajstić information content (AvgIpc) is 3.39. The van der Waals surface area contributed by atoms with E-state index in [1.165, 1.54) is 81.5 Å². The van der Waals surface area contributed by atoms with E-state index in [0.717, 1.165) is 18.5 Å². The van der Waals surface area contributed by atoms with Crippen molar-refractivity contribution in [3.63, 3.8) is 0 Å². The Morgan fingerprint density at radius 3 is 2.16 bits per heavy atom. The molecule has 1 heterocycles. The number of fused-ring (bicyclic) bond motifs is 2. The van der Waals surface area contributed by atoms with Crippen LogP contribution in [0, 0.1) is 17.0 Å². The summed E-state index contributed by atoms with van der Waals surface area (Å²) in [6.45, 7) is 4.14. The number of nitrogens with one attached hydrogen (secondary N) is 1. The molecule has 0 fully saturated rings. The number of carboxylic acids is 1. The molecular formula is C53H54N7O14P. The third-order valence-electron chi connectivity index (χ3n) is 11.8. The summed E-state index contributed by atoms with van der Waals surface area (Å²) >= 11 is 0. The standard InChI is InChI=1S/C53H54N7O14P/c1-33-9-20-43(46(27-33)60(67)68)56-58-45-32-49(70-2)44(31-50(45)71-3)57-55-35-11-13-36(14-12-35)59(22-24-61)23-26-73-75(4,69)72-25-8-6-5-7-21-54-52(64)34-10-17-39(53(65)66)42(28-34)51-40-18-15-37(62)29-47(40)74-48-30-38(63)16-19-41(48)51/h9-20,27-32,61-62H,5-8,21-26H2,1-4H3,(H,54,64)(H,65,66). The molecule has 0 bridgehead atoms. The molecule has 4 N–H and O–H groups in total. The van der Waals surface area contributed by atoms with E-state index in [4.69, 9.17) is 22.9 Å². The van der Waals surface area contributed by atoms with Gasteiger partial charge in [0.2, 0.25) is 0 Å². The van der Waals surface area contributed by atoms with Gasteiger partial charge in [0.25, 0.3) is 11.6 Å². The molecule has 390 valence electrons. The fraction of sp³-hybridized carbons (Fsp3) is 0.264. The van der Waals surface area contributed by atoms with Crippen molar-refractivity contribution in [1.82, 2.24) is 5.32 Å². The van der Waals surface area contributed by atoms with Crippen LogP contribution < -0.4 is 25.1 Å². The molecule has 5 aromatic rings. The molecule has 1 amide bonds. The second kappa shape index (κ2) is 25.0. The monoisotopic (exact) mass is 1040 g/mol. The van der Waals surface area contributed by atoms with Gasteiger partial charge < -0.3 is 48.5 Å². The first-order valence-corrected chi connectivity index (χ1v) is 25.6. The number of amides is 1. The number of hydrogen-bond acceptors (Lipinski definition) is 18. The summed E-state index contributed by atoms with van der Waals surface area (Å²) in [4.78, 5) is 50.9. The summed E-state index contributed by atoms with van der Waals surface area (Å²) in [5.41, 5.74) is 3.61. The number of unbranched alkanes of at least 4 members (excludes halogenated alkanes) is 3. The molecule has 22 heteroatoms. The van der Waals surface area contributed by atoms with E-state index < -0.39 is 24.4 Å². The zero-order valence-electron chi connectivity index (χ0n) is 41.4. The predicted molar refractivity (Wildman–Crippen MR) is 281 cm³/mol. The Balaban J connectivity index is 0.858. The second-order valence-electron chi connectivity index (χ2n) is 17.1. The summed E-state index contributed by atoms with van der Waals surface area (Å²) < 4.78 is 41.4. The number of aromatic carboxylic acids is 1. The first kappa shape index (κ1) is 54.4. The lowest BCUT2D eigenvalue weighted by Gasteiger charge is -2.24. The number of nitro groups is 1. The maximum absolute atomic E-state index is 13.3. The summed E-state index contributed by atoms with van der Waals surface area (Å²) in [7, 11) is -0.536. The van der Waals surface area contributed by atoms with Gasteiger partial charge in [0.1, 0.15) is 40.0 Å². The summed E-state index contributed by atoms with van der Waals surface area (Å²) in [5.74, 6) is -0.940. The number of carboxylic acid groups (broad SMARTS) is 1. The highest BCUT2D eigenvalue weighted by molar-refractivity contribution is 7.52. The Morgan fingerprint density at radius 1 is 0.773 bits per heavy atom. The van der Waals surface area contributed by atoms with Crippen LogP contribution in [0.5, 0.6) is 17.2 Å². The Kier molecular flexibility index (Phi) is 18.2. The van der Waals surface area contributed by atoms with Gasteiger partial charge in [0.15, 0.2) is 11.1 Å². The van der Waals surface area contributed by atoms with Crippen molar-refractivity contribution in [3.8, 4) is 39.7 Å². The maximum Gasteiger partial charge on any atom is 0.336 e. The van der Waals surface area contributed by atoms with Crippen LogP contribution in [-0.4, -0.2) is 92.5 Å². The number of carbonyl (C=O) groups excluding carboxylic acids is 1. The van der Waals surface area contributed by atoms with Crippen LogP contribution >= 0.6 is 7.60 Å². The van der Waals surface area contributed by atoms with Gasteiger partial charge in [-0.15, -0.1) is 15.3 Å². The first-order valence-electron chi connectivity index (χ1n) is 23.6. The molecule has 2 aliphatic rings. The number of benzene rings is 6. The number of rotatable bonds is 25. The number of carbonyl (C=O) groups is 2. The SMILES string of the molecule is COc1cc(N=Nc2ccc(C)cc2[N+](=O)[O-])c(OC)cc1N=Nc1ccc(N(CCO)CCOP(C)(=O)OCCCCCCNC(=O)c2ccc(C(=O)O)c(-c3c4ccc(=O)cc-4oc4cc(O)ccc34)c2)cc1. The quantitative estimate of drug-likeness (QED) is 0.0103. The van der Waals surface area contributed by atoms with Gasteiger partial charge >= 0.3 is 13.6 Å². The molecule has 75 heavy (non-hydrogen) atoms. The molecular weight excluding hydrogens is 990 g/mol. The molecule has 5 aromatic carbocycles. The molecule has 0 saturated carbocycles. The van der Waals surface area contributed by atoms with E-state index in [-0.39, 0.29) is 88.4 Å². The van der Waals surface area contributed by atoms with Crippen molar-refractivity contribution in [1.29, 1.82) is 0 Å². The number of anilines is 1. The number of azo groups is 2. The number of aryl methyl sites for hydroxylation is 1. The van der Waals surface area contributed by atoms with Crippen LogP contribution in [0.1, 0.15) is 52.0 Å². The Labute approximate surface area is 430 Å². The summed E-state index contributed by atoms with van der Waals surface area (Å²) in [6.07, 6.45) is 2.67. The number of aromatic hydroxyl groups is 1. The van der Waals surface area contributed by atoms with E-state index in [2.05, 4.69) is 25.8 Å². The van der Waals surface area contributed by atoms with E-state index in [0.29, 0.717) is 65.1 Å². The molecule has 0 spiro atoms. The van der Waals surface area contributed by atoms with Crippen LogP contribution in [0.2, 0.25) is 0 Å². The van der Waals surface area contributed by atoms with Crippen molar-refractivity contribution >= 4 is 64.6 Å². The molecule has 0 aromatic heterocycles. The van der Waals surface area contributed by atoms with Gasteiger partial charge in [-0.25, -0.2) is 4.79 Å². The lowest BCUT2D eigenvalue weighted by atomic mass is 9.89. The van der Waals surface area contributed by atoms with Crippen molar-refractivity contribution in [3.05, 3.63) is 146 Å². The van der Waals surface area contributed by atoms with Crippen LogP contribution in [0.4, 0.5) is 34.1 Å². The number of methoxy groups -OCH3 is 2. The first-order chi connectivity index (χ1) is 36.1. The van der Waals surface area contributed by atoms with E-state index in [1.807, 2.05) is 4.90 Å². The van der Waals surface area contributed by atoms with E-state index >= 15 is 0 Å². The normalized spacial score (nSPS) is 12.3. The zero-order valence-corrected chi connectivity index (χ0v) is 42.3. The van der Waals surface area contributed by atoms with Crippen molar-refractivity contribution in [2.45, 2.75) is 32.6 Å². The smallest absolute Gasteiger partial charge is 0.336 e. The highest BCUT2D eigenvalue weighted by atomic mass is 31.2. The van der Waals surface area contributed by atoms with Gasteiger partial charge in [-0.1, -0.05) is 18.9 Å². The molecule has 0 radical (unpaired) electrons.